The molecule has 0 unspecified atom stereocenters. The summed E-state index contributed by atoms with van der Waals surface area (Å²) < 4.78 is 10.5. The molecule has 5 heteroatoms. The van der Waals surface area contributed by atoms with Crippen molar-refractivity contribution in [2.24, 2.45) is 5.73 Å². The van der Waals surface area contributed by atoms with Crippen molar-refractivity contribution in [1.29, 1.82) is 0 Å². The zero-order chi connectivity index (χ0) is 12.3. The minimum atomic E-state index is -0.0655. The largest absolute Gasteiger partial charge is 0.455 e. The van der Waals surface area contributed by atoms with E-state index in [-0.39, 0.29) is 11.9 Å². The number of carbonyl (C=O) groups is 1. The fraction of sp³-hybridized carbons (Fsp3) is 0.583. The fourth-order valence-electron chi connectivity index (χ4n) is 2.21. The van der Waals surface area contributed by atoms with Crippen LogP contribution in [0.1, 0.15) is 29.2 Å². The van der Waals surface area contributed by atoms with E-state index in [2.05, 4.69) is 0 Å². The van der Waals surface area contributed by atoms with E-state index < -0.39 is 0 Å². The molecule has 1 fully saturated rings. The second-order valence-corrected chi connectivity index (χ2v) is 4.22. The standard InChI is InChI=1S/C12H18N2O3/c1-16-8-9-3-2-6-14(9)12(15)11-5-4-10(7-13)17-11/h4-5,9H,2-3,6-8,13H2,1H3/t9-/m1/s1. The van der Waals surface area contributed by atoms with Crippen LogP contribution in [0.25, 0.3) is 0 Å². The SMILES string of the molecule is COC[C@H]1CCCN1C(=O)c1ccc(CN)o1. The van der Waals surface area contributed by atoms with E-state index in [4.69, 9.17) is 14.9 Å². The van der Waals surface area contributed by atoms with Crippen molar-refractivity contribution in [2.75, 3.05) is 20.3 Å². The molecule has 5 nitrogen and oxygen atoms in total. The predicted molar refractivity (Wildman–Crippen MR) is 62.5 cm³/mol. The van der Waals surface area contributed by atoms with Crippen LogP contribution in [0.4, 0.5) is 0 Å². The highest BCUT2D eigenvalue weighted by molar-refractivity contribution is 5.92. The summed E-state index contributed by atoms with van der Waals surface area (Å²) in [7, 11) is 1.65. The molecule has 0 saturated carbocycles. The van der Waals surface area contributed by atoms with Gasteiger partial charge in [0.05, 0.1) is 19.2 Å². The zero-order valence-corrected chi connectivity index (χ0v) is 10.0. The van der Waals surface area contributed by atoms with Crippen LogP contribution in [-0.4, -0.2) is 37.1 Å². The molecule has 2 rings (SSSR count). The number of hydrogen-bond acceptors (Lipinski definition) is 4. The maximum absolute atomic E-state index is 12.2. The molecule has 1 aliphatic heterocycles. The number of furan rings is 1. The van der Waals surface area contributed by atoms with Gasteiger partial charge in [0.15, 0.2) is 5.76 Å². The normalized spacial score (nSPS) is 19.9. The Bertz CT molecular complexity index is 389. The van der Waals surface area contributed by atoms with Crippen LogP contribution >= 0.6 is 0 Å². The third kappa shape index (κ3) is 2.50. The van der Waals surface area contributed by atoms with Crippen molar-refractivity contribution in [3.8, 4) is 0 Å². The zero-order valence-electron chi connectivity index (χ0n) is 10.0. The van der Waals surface area contributed by atoms with Gasteiger partial charge in [-0.15, -0.1) is 0 Å². The number of nitrogens with zero attached hydrogens (tertiary/aromatic N) is 1. The summed E-state index contributed by atoms with van der Waals surface area (Å²) >= 11 is 0. The van der Waals surface area contributed by atoms with Crippen LogP contribution in [0.2, 0.25) is 0 Å². The number of hydrogen-bond donors (Lipinski definition) is 1. The average molecular weight is 238 g/mol. The molecule has 1 aliphatic rings. The highest BCUT2D eigenvalue weighted by atomic mass is 16.5. The second kappa shape index (κ2) is 5.33. The number of ether oxygens (including phenoxy) is 1. The topological polar surface area (TPSA) is 68.7 Å². The Kier molecular flexibility index (Phi) is 3.81. The first kappa shape index (κ1) is 12.1. The predicted octanol–water partition coefficient (Wildman–Crippen LogP) is 0.989. The van der Waals surface area contributed by atoms with E-state index in [1.165, 1.54) is 0 Å². The van der Waals surface area contributed by atoms with Gasteiger partial charge in [0.2, 0.25) is 0 Å². The van der Waals surface area contributed by atoms with E-state index in [9.17, 15) is 4.79 Å². The van der Waals surface area contributed by atoms with Crippen molar-refractivity contribution >= 4 is 5.91 Å². The fourth-order valence-corrected chi connectivity index (χ4v) is 2.21. The van der Waals surface area contributed by atoms with Gasteiger partial charge in [0, 0.05) is 13.7 Å². The summed E-state index contributed by atoms with van der Waals surface area (Å²) in [6.45, 7) is 1.66. The minimum absolute atomic E-state index is 0.0655. The molecule has 1 saturated heterocycles. The summed E-state index contributed by atoms with van der Waals surface area (Å²) in [6, 6.07) is 3.60. The molecule has 0 bridgehead atoms. The van der Waals surface area contributed by atoms with Crippen LogP contribution in [0, 0.1) is 0 Å². The van der Waals surface area contributed by atoms with Crippen molar-refractivity contribution in [3.05, 3.63) is 23.7 Å². The summed E-state index contributed by atoms with van der Waals surface area (Å²) in [6.07, 6.45) is 2.01. The van der Waals surface area contributed by atoms with Gasteiger partial charge in [-0.05, 0) is 25.0 Å². The van der Waals surface area contributed by atoms with Crippen LogP contribution in [0.5, 0.6) is 0 Å². The van der Waals surface area contributed by atoms with Crippen molar-refractivity contribution in [2.45, 2.75) is 25.4 Å². The Morgan fingerprint density at radius 2 is 2.47 bits per heavy atom. The minimum Gasteiger partial charge on any atom is -0.455 e. The maximum atomic E-state index is 12.2. The number of methoxy groups -OCH3 is 1. The van der Waals surface area contributed by atoms with Gasteiger partial charge in [-0.3, -0.25) is 4.79 Å². The number of rotatable bonds is 4. The summed E-state index contributed by atoms with van der Waals surface area (Å²) in [4.78, 5) is 14.0. The van der Waals surface area contributed by atoms with Gasteiger partial charge in [0.1, 0.15) is 5.76 Å². The van der Waals surface area contributed by atoms with Crippen molar-refractivity contribution in [3.63, 3.8) is 0 Å². The Labute approximate surface area is 101 Å². The first-order chi connectivity index (χ1) is 8.26. The second-order valence-electron chi connectivity index (χ2n) is 4.22. The highest BCUT2D eigenvalue weighted by Gasteiger charge is 2.30. The quantitative estimate of drug-likeness (QED) is 0.849. The summed E-state index contributed by atoms with van der Waals surface area (Å²) in [5, 5.41) is 0. The van der Waals surface area contributed by atoms with Gasteiger partial charge in [0.25, 0.3) is 5.91 Å². The lowest BCUT2D eigenvalue weighted by atomic mass is 10.2. The molecule has 0 spiro atoms. The Morgan fingerprint density at radius 3 is 3.12 bits per heavy atom. The molecule has 2 heterocycles. The molecule has 1 amide bonds. The first-order valence-corrected chi connectivity index (χ1v) is 5.85. The molecule has 1 aromatic heterocycles. The monoisotopic (exact) mass is 238 g/mol. The van der Waals surface area contributed by atoms with E-state index >= 15 is 0 Å². The number of carbonyl (C=O) groups excluding carboxylic acids is 1. The van der Waals surface area contributed by atoms with E-state index in [0.29, 0.717) is 24.7 Å². The molecule has 0 aliphatic carbocycles. The third-order valence-electron chi connectivity index (χ3n) is 3.07. The van der Waals surface area contributed by atoms with Crippen LogP contribution in [0.15, 0.2) is 16.5 Å². The smallest absolute Gasteiger partial charge is 0.289 e. The Balaban J connectivity index is 2.08. The number of nitrogens with two attached hydrogens (primary N) is 1. The molecule has 17 heavy (non-hydrogen) atoms. The van der Waals surface area contributed by atoms with Crippen LogP contribution < -0.4 is 5.73 Å². The van der Waals surface area contributed by atoms with Gasteiger partial charge in [-0.25, -0.2) is 0 Å². The highest BCUT2D eigenvalue weighted by Crippen LogP contribution is 2.21. The Morgan fingerprint density at radius 1 is 1.65 bits per heavy atom. The lowest BCUT2D eigenvalue weighted by Crippen LogP contribution is -2.37. The molecular weight excluding hydrogens is 220 g/mol. The van der Waals surface area contributed by atoms with Gasteiger partial charge >= 0.3 is 0 Å². The maximum Gasteiger partial charge on any atom is 0.289 e. The number of likely N-dealkylation sites (tertiary alicyclic amines) is 1. The van der Waals surface area contributed by atoms with Crippen LogP contribution in [0.3, 0.4) is 0 Å². The molecule has 94 valence electrons. The summed E-state index contributed by atoms with van der Waals surface area (Å²) in [5.74, 6) is 0.938. The molecule has 0 radical (unpaired) electrons. The molecule has 2 N–H and O–H groups in total. The lowest BCUT2D eigenvalue weighted by molar-refractivity contribution is 0.0599. The average Bonchev–Trinajstić information content (AvgIpc) is 2.97. The number of amides is 1. The molecule has 1 aromatic rings. The van der Waals surface area contributed by atoms with E-state index in [1.807, 2.05) is 4.90 Å². The molecule has 0 aromatic carbocycles. The van der Waals surface area contributed by atoms with Gasteiger partial charge in [-0.1, -0.05) is 0 Å². The molecular formula is C12H18N2O3. The Hall–Kier alpha value is -1.33. The molecule has 1 atom stereocenters. The van der Waals surface area contributed by atoms with Crippen molar-refractivity contribution in [1.82, 2.24) is 4.90 Å². The van der Waals surface area contributed by atoms with Crippen molar-refractivity contribution < 1.29 is 13.9 Å². The lowest BCUT2D eigenvalue weighted by Gasteiger charge is -2.22. The first-order valence-electron chi connectivity index (χ1n) is 5.85. The van der Waals surface area contributed by atoms with E-state index in [0.717, 1.165) is 19.4 Å². The summed E-state index contributed by atoms with van der Waals surface area (Å²) in [5.41, 5.74) is 5.45. The third-order valence-corrected chi connectivity index (χ3v) is 3.07. The van der Waals surface area contributed by atoms with Gasteiger partial charge in [-0.2, -0.15) is 0 Å². The van der Waals surface area contributed by atoms with E-state index in [1.54, 1.807) is 19.2 Å². The van der Waals surface area contributed by atoms with Crippen LogP contribution in [-0.2, 0) is 11.3 Å². The van der Waals surface area contributed by atoms with Gasteiger partial charge < -0.3 is 19.8 Å².